The number of fused-ring (bicyclic) bond motifs is 1. The van der Waals surface area contributed by atoms with Gasteiger partial charge in [0.2, 0.25) is 0 Å². The number of rotatable bonds is 7. The molecule has 6 heteroatoms. The van der Waals surface area contributed by atoms with Gasteiger partial charge >= 0.3 is 0 Å². The lowest BCUT2D eigenvalue weighted by atomic mass is 9.87. The van der Waals surface area contributed by atoms with Crippen molar-refractivity contribution in [3.05, 3.63) is 58.7 Å². The van der Waals surface area contributed by atoms with E-state index in [2.05, 4.69) is 72.7 Å². The molecule has 2 N–H and O–H groups in total. The summed E-state index contributed by atoms with van der Waals surface area (Å²) in [5.41, 5.74) is 5.17. The number of methoxy groups -OCH3 is 2. The Labute approximate surface area is 185 Å². The van der Waals surface area contributed by atoms with Gasteiger partial charge in [0.25, 0.3) is 0 Å². The molecule has 1 aliphatic heterocycles. The number of nitrogens with one attached hydrogen (secondary N) is 2. The average molecular weight is 428 g/mol. The summed E-state index contributed by atoms with van der Waals surface area (Å²) in [6.07, 6.45) is 0.975. The molecule has 2 aromatic rings. The Balaban J connectivity index is 1.96. The van der Waals surface area contributed by atoms with Crippen LogP contribution in [0.15, 0.2) is 36.4 Å². The maximum absolute atomic E-state index is 5.61. The van der Waals surface area contributed by atoms with Crippen molar-refractivity contribution in [3.63, 3.8) is 0 Å². The van der Waals surface area contributed by atoms with Crippen molar-refractivity contribution in [1.82, 2.24) is 15.5 Å². The molecule has 0 bridgehead atoms. The molecule has 30 heavy (non-hydrogen) atoms. The normalized spacial score (nSPS) is 17.0. The number of hydrogen-bond donors (Lipinski definition) is 2. The van der Waals surface area contributed by atoms with Crippen LogP contribution >= 0.6 is 12.2 Å². The maximum Gasteiger partial charge on any atom is 0.166 e. The van der Waals surface area contributed by atoms with E-state index in [9.17, 15) is 0 Å². The Morgan fingerprint density at radius 3 is 2.47 bits per heavy atom. The van der Waals surface area contributed by atoms with Crippen molar-refractivity contribution in [1.29, 1.82) is 0 Å². The van der Waals surface area contributed by atoms with Crippen LogP contribution in [0.3, 0.4) is 0 Å². The zero-order valence-corrected chi connectivity index (χ0v) is 19.4. The molecule has 2 aromatic carbocycles. The van der Waals surface area contributed by atoms with Crippen LogP contribution in [0.2, 0.25) is 0 Å². The van der Waals surface area contributed by atoms with E-state index in [1.807, 2.05) is 0 Å². The van der Waals surface area contributed by atoms with Crippen LogP contribution in [0.1, 0.15) is 42.1 Å². The highest BCUT2D eigenvalue weighted by atomic mass is 32.1. The summed E-state index contributed by atoms with van der Waals surface area (Å²) >= 11 is 5.48. The van der Waals surface area contributed by atoms with E-state index >= 15 is 0 Å². The first-order chi connectivity index (χ1) is 14.5. The number of hydrogen-bond acceptors (Lipinski definition) is 4. The number of nitrogens with zero attached hydrogens (tertiary/aromatic N) is 1. The van der Waals surface area contributed by atoms with Crippen LogP contribution in [0.5, 0.6) is 11.5 Å². The molecule has 1 heterocycles. The fourth-order valence-electron chi connectivity index (χ4n) is 4.22. The molecule has 0 amide bonds. The molecule has 162 valence electrons. The molecule has 0 fully saturated rings. The second-order valence-electron chi connectivity index (χ2n) is 7.85. The summed E-state index contributed by atoms with van der Waals surface area (Å²) in [6, 6.07) is 13.3. The smallest absolute Gasteiger partial charge is 0.166 e. The predicted molar refractivity (Wildman–Crippen MR) is 126 cm³/mol. The highest BCUT2D eigenvalue weighted by molar-refractivity contribution is 7.80. The molecule has 5 nitrogen and oxygen atoms in total. The van der Waals surface area contributed by atoms with Gasteiger partial charge in [-0.1, -0.05) is 29.8 Å². The quantitative estimate of drug-likeness (QED) is 0.652. The fraction of sp³-hybridized carbons (Fsp3) is 0.458. The van der Waals surface area contributed by atoms with E-state index in [0.717, 1.165) is 37.6 Å². The number of benzene rings is 2. The third kappa shape index (κ3) is 5.05. The van der Waals surface area contributed by atoms with E-state index < -0.39 is 0 Å². The Morgan fingerprint density at radius 1 is 1.17 bits per heavy atom. The monoisotopic (exact) mass is 427 g/mol. The van der Waals surface area contributed by atoms with Crippen LogP contribution < -0.4 is 20.1 Å². The highest BCUT2D eigenvalue weighted by Crippen LogP contribution is 2.40. The van der Waals surface area contributed by atoms with Crippen molar-refractivity contribution in [2.75, 3.05) is 27.3 Å². The summed E-state index contributed by atoms with van der Waals surface area (Å²) in [7, 11) is 3.38. The lowest BCUT2D eigenvalue weighted by Gasteiger charge is -2.41. The lowest BCUT2D eigenvalue weighted by Crippen LogP contribution is -2.49. The number of ether oxygens (including phenoxy) is 2. The molecule has 0 aromatic heterocycles. The molecular formula is C24H33N3O2S. The molecule has 3 rings (SSSR count). The predicted octanol–water partition coefficient (Wildman–Crippen LogP) is 3.98. The highest BCUT2D eigenvalue weighted by Gasteiger charge is 2.33. The van der Waals surface area contributed by atoms with Gasteiger partial charge in [-0.3, -0.25) is 4.90 Å². The second-order valence-corrected chi connectivity index (χ2v) is 8.26. The molecule has 0 aliphatic carbocycles. The minimum Gasteiger partial charge on any atom is -0.493 e. The van der Waals surface area contributed by atoms with Gasteiger partial charge in [-0.2, -0.15) is 0 Å². The summed E-state index contributed by atoms with van der Waals surface area (Å²) in [4.78, 5) is 2.53. The molecule has 0 spiro atoms. The minimum absolute atomic E-state index is 0.124. The minimum atomic E-state index is 0.124. The Bertz CT molecular complexity index is 869. The third-order valence-corrected chi connectivity index (χ3v) is 5.96. The van der Waals surface area contributed by atoms with Gasteiger partial charge in [0.05, 0.1) is 20.3 Å². The van der Waals surface area contributed by atoms with E-state index in [1.54, 1.807) is 14.2 Å². The molecule has 0 saturated heterocycles. The van der Waals surface area contributed by atoms with Gasteiger partial charge in [0.1, 0.15) is 0 Å². The average Bonchev–Trinajstić information content (AvgIpc) is 2.74. The van der Waals surface area contributed by atoms with Crippen molar-refractivity contribution in [3.8, 4) is 11.5 Å². The van der Waals surface area contributed by atoms with Gasteiger partial charge in [0, 0.05) is 25.7 Å². The Hall–Kier alpha value is -2.31. The third-order valence-electron chi connectivity index (χ3n) is 5.70. The van der Waals surface area contributed by atoms with Crippen molar-refractivity contribution >= 4 is 17.3 Å². The number of aryl methyl sites for hydroxylation is 1. The molecular weight excluding hydrogens is 394 g/mol. The molecule has 2 atom stereocenters. The first-order valence-corrected chi connectivity index (χ1v) is 11.0. The zero-order chi connectivity index (χ0) is 21.7. The largest absolute Gasteiger partial charge is 0.493 e. The van der Waals surface area contributed by atoms with Gasteiger partial charge in [-0.05, 0) is 68.2 Å². The van der Waals surface area contributed by atoms with Crippen LogP contribution in [0.25, 0.3) is 0 Å². The topological polar surface area (TPSA) is 45.8 Å². The van der Waals surface area contributed by atoms with Crippen LogP contribution in [-0.4, -0.2) is 43.4 Å². The fourth-order valence-corrected chi connectivity index (χ4v) is 4.55. The zero-order valence-electron chi connectivity index (χ0n) is 18.6. The van der Waals surface area contributed by atoms with Crippen LogP contribution in [0.4, 0.5) is 0 Å². The van der Waals surface area contributed by atoms with Crippen molar-refractivity contribution in [2.45, 2.75) is 45.8 Å². The van der Waals surface area contributed by atoms with E-state index in [-0.39, 0.29) is 12.1 Å². The molecule has 0 unspecified atom stereocenters. The van der Waals surface area contributed by atoms with E-state index in [1.165, 1.54) is 22.3 Å². The second kappa shape index (κ2) is 10.1. The summed E-state index contributed by atoms with van der Waals surface area (Å²) in [5.74, 6) is 1.55. The summed E-state index contributed by atoms with van der Waals surface area (Å²) < 4.78 is 11.2. The van der Waals surface area contributed by atoms with E-state index in [4.69, 9.17) is 21.7 Å². The van der Waals surface area contributed by atoms with Gasteiger partial charge in [-0.25, -0.2) is 0 Å². The Kier molecular flexibility index (Phi) is 7.56. The molecule has 0 radical (unpaired) electrons. The van der Waals surface area contributed by atoms with Crippen molar-refractivity contribution in [2.24, 2.45) is 0 Å². The van der Waals surface area contributed by atoms with Crippen LogP contribution in [-0.2, 0) is 13.0 Å². The summed E-state index contributed by atoms with van der Waals surface area (Å²) in [5, 5.41) is 7.38. The Morgan fingerprint density at radius 2 is 1.83 bits per heavy atom. The van der Waals surface area contributed by atoms with Gasteiger partial charge < -0.3 is 20.1 Å². The van der Waals surface area contributed by atoms with Crippen molar-refractivity contribution < 1.29 is 9.47 Å². The first kappa shape index (κ1) is 22.4. The first-order valence-electron chi connectivity index (χ1n) is 10.6. The van der Waals surface area contributed by atoms with E-state index in [0.29, 0.717) is 5.11 Å². The molecule has 1 aliphatic rings. The standard InChI is InChI=1S/C24H33N3O2S/c1-6-25-24(30)26-17(3)23-20-14-22(29-5)21(28-4)13-19(20)11-12-27(23)15-18-9-7-16(2)8-10-18/h7-10,13-14,17,23H,6,11-12,15H2,1-5H3,(H2,25,26,30)/t17-,23-/m0/s1. The lowest BCUT2D eigenvalue weighted by molar-refractivity contribution is 0.149. The number of thiocarbonyl (C=S) groups is 1. The van der Waals surface area contributed by atoms with Gasteiger partial charge in [0.15, 0.2) is 16.6 Å². The summed E-state index contributed by atoms with van der Waals surface area (Å²) in [6.45, 7) is 9.03. The maximum atomic E-state index is 5.61. The van der Waals surface area contributed by atoms with Gasteiger partial charge in [-0.15, -0.1) is 0 Å². The molecule has 0 saturated carbocycles. The van der Waals surface area contributed by atoms with Crippen LogP contribution in [0, 0.1) is 6.92 Å². The SMILES string of the molecule is CCNC(=S)N[C@@H](C)[C@H]1c2cc(OC)c(OC)cc2CCN1Cc1ccc(C)cc1.